The first kappa shape index (κ1) is 18.1. The second kappa shape index (κ2) is 7.36. The molecule has 0 unspecified atom stereocenters. The maximum Gasteiger partial charge on any atom is 0.254 e. The Morgan fingerprint density at radius 2 is 2.19 bits per heavy atom. The first-order chi connectivity index (χ1) is 13.0. The predicted molar refractivity (Wildman–Crippen MR) is 96.5 cm³/mol. The van der Waals surface area contributed by atoms with Crippen LogP contribution in [0.1, 0.15) is 22.6 Å². The van der Waals surface area contributed by atoms with Crippen molar-refractivity contribution in [2.75, 3.05) is 39.4 Å². The SMILES string of the molecule is Cn1ccnc1CN1CC[C@]2(COCCN(C(=O)c3ccnc(F)c3)C2)C1. The van der Waals surface area contributed by atoms with E-state index < -0.39 is 5.95 Å². The van der Waals surface area contributed by atoms with Gasteiger partial charge in [-0.2, -0.15) is 4.39 Å². The van der Waals surface area contributed by atoms with Gasteiger partial charge in [0, 0.05) is 62.3 Å². The number of likely N-dealkylation sites (tertiary alicyclic amines) is 1. The molecule has 2 aromatic rings. The van der Waals surface area contributed by atoms with E-state index >= 15 is 0 Å². The summed E-state index contributed by atoms with van der Waals surface area (Å²) < 4.78 is 21.3. The van der Waals surface area contributed by atoms with E-state index in [0.29, 0.717) is 31.9 Å². The first-order valence-electron chi connectivity index (χ1n) is 9.22. The molecule has 2 aliphatic rings. The van der Waals surface area contributed by atoms with Crippen LogP contribution >= 0.6 is 0 Å². The van der Waals surface area contributed by atoms with E-state index in [4.69, 9.17) is 4.74 Å². The van der Waals surface area contributed by atoms with Gasteiger partial charge in [-0.05, 0) is 19.0 Å². The van der Waals surface area contributed by atoms with Crippen LogP contribution in [-0.4, -0.2) is 69.6 Å². The van der Waals surface area contributed by atoms with Crippen LogP contribution in [0.25, 0.3) is 0 Å². The van der Waals surface area contributed by atoms with Gasteiger partial charge in [0.25, 0.3) is 5.91 Å². The molecule has 144 valence electrons. The highest BCUT2D eigenvalue weighted by molar-refractivity contribution is 5.94. The number of amides is 1. The molecule has 0 aromatic carbocycles. The molecule has 27 heavy (non-hydrogen) atoms. The quantitative estimate of drug-likeness (QED) is 0.760. The van der Waals surface area contributed by atoms with Gasteiger partial charge >= 0.3 is 0 Å². The summed E-state index contributed by atoms with van der Waals surface area (Å²) in [7, 11) is 2.00. The van der Waals surface area contributed by atoms with E-state index in [0.717, 1.165) is 31.9 Å². The molecule has 0 aliphatic carbocycles. The number of hydrogen-bond acceptors (Lipinski definition) is 5. The first-order valence-corrected chi connectivity index (χ1v) is 9.22. The average molecular weight is 373 g/mol. The molecular weight excluding hydrogens is 349 g/mol. The van der Waals surface area contributed by atoms with Crippen molar-refractivity contribution in [1.29, 1.82) is 0 Å². The van der Waals surface area contributed by atoms with Gasteiger partial charge in [0.2, 0.25) is 5.95 Å². The zero-order valence-corrected chi connectivity index (χ0v) is 15.5. The van der Waals surface area contributed by atoms with Crippen molar-refractivity contribution in [1.82, 2.24) is 24.3 Å². The van der Waals surface area contributed by atoms with Crippen molar-refractivity contribution in [3.05, 3.63) is 48.1 Å². The summed E-state index contributed by atoms with van der Waals surface area (Å²) in [6.45, 7) is 4.86. The Labute approximate surface area is 157 Å². The number of aryl methyl sites for hydroxylation is 1. The second-order valence-corrected chi connectivity index (χ2v) is 7.56. The maximum absolute atomic E-state index is 13.4. The Kier molecular flexibility index (Phi) is 4.92. The summed E-state index contributed by atoms with van der Waals surface area (Å²) in [5.74, 6) is 0.231. The molecule has 0 bridgehead atoms. The van der Waals surface area contributed by atoms with E-state index in [2.05, 4.69) is 14.9 Å². The number of hydrogen-bond donors (Lipinski definition) is 0. The lowest BCUT2D eigenvalue weighted by atomic mass is 9.87. The number of nitrogens with zero attached hydrogens (tertiary/aromatic N) is 5. The highest BCUT2D eigenvalue weighted by atomic mass is 19.1. The summed E-state index contributed by atoms with van der Waals surface area (Å²) in [4.78, 5) is 25.0. The van der Waals surface area contributed by atoms with E-state index in [1.54, 1.807) is 11.0 Å². The van der Waals surface area contributed by atoms with Crippen LogP contribution in [0.15, 0.2) is 30.7 Å². The molecule has 0 saturated carbocycles. The van der Waals surface area contributed by atoms with Gasteiger partial charge in [0.05, 0.1) is 19.8 Å². The van der Waals surface area contributed by atoms with Crippen LogP contribution in [-0.2, 0) is 18.3 Å². The normalized spacial score (nSPS) is 23.7. The maximum atomic E-state index is 13.4. The molecule has 1 amide bonds. The molecule has 0 radical (unpaired) electrons. The zero-order chi connectivity index (χ0) is 18.9. The summed E-state index contributed by atoms with van der Waals surface area (Å²) in [6.07, 6.45) is 6.05. The topological polar surface area (TPSA) is 63.5 Å². The number of halogens is 1. The minimum absolute atomic E-state index is 0.0943. The van der Waals surface area contributed by atoms with E-state index in [-0.39, 0.29) is 11.3 Å². The average Bonchev–Trinajstić information content (AvgIpc) is 3.17. The molecule has 2 aliphatic heterocycles. The summed E-state index contributed by atoms with van der Waals surface area (Å²) >= 11 is 0. The van der Waals surface area contributed by atoms with Crippen LogP contribution in [0, 0.1) is 11.4 Å². The Balaban J connectivity index is 1.47. The minimum atomic E-state index is -0.635. The highest BCUT2D eigenvalue weighted by Crippen LogP contribution is 2.34. The van der Waals surface area contributed by atoms with Gasteiger partial charge in [0.15, 0.2) is 0 Å². The fraction of sp³-hybridized carbons (Fsp3) is 0.526. The summed E-state index contributed by atoms with van der Waals surface area (Å²) in [6, 6.07) is 2.76. The third kappa shape index (κ3) is 3.86. The second-order valence-electron chi connectivity index (χ2n) is 7.56. The van der Waals surface area contributed by atoms with Crippen LogP contribution in [0.5, 0.6) is 0 Å². The largest absolute Gasteiger partial charge is 0.379 e. The molecule has 8 heteroatoms. The summed E-state index contributed by atoms with van der Waals surface area (Å²) in [5, 5.41) is 0. The van der Waals surface area contributed by atoms with Crippen LogP contribution in [0.2, 0.25) is 0 Å². The molecular formula is C19H24FN5O2. The number of imidazole rings is 1. The van der Waals surface area contributed by atoms with Crippen LogP contribution in [0.3, 0.4) is 0 Å². The fourth-order valence-electron chi connectivity index (χ4n) is 4.04. The van der Waals surface area contributed by atoms with Crippen molar-refractivity contribution < 1.29 is 13.9 Å². The van der Waals surface area contributed by atoms with Crippen molar-refractivity contribution in [2.24, 2.45) is 12.5 Å². The van der Waals surface area contributed by atoms with Crippen molar-refractivity contribution in [3.63, 3.8) is 0 Å². The minimum Gasteiger partial charge on any atom is -0.379 e. The number of rotatable bonds is 3. The lowest BCUT2D eigenvalue weighted by Gasteiger charge is -2.32. The van der Waals surface area contributed by atoms with E-state index in [9.17, 15) is 9.18 Å². The van der Waals surface area contributed by atoms with Crippen molar-refractivity contribution in [2.45, 2.75) is 13.0 Å². The Morgan fingerprint density at radius 1 is 1.30 bits per heavy atom. The van der Waals surface area contributed by atoms with E-state index in [1.165, 1.54) is 12.3 Å². The lowest BCUT2D eigenvalue weighted by Crippen LogP contribution is -2.43. The van der Waals surface area contributed by atoms with Gasteiger partial charge in [-0.3, -0.25) is 9.69 Å². The number of carbonyl (C=O) groups is 1. The van der Waals surface area contributed by atoms with Crippen molar-refractivity contribution >= 4 is 5.91 Å². The van der Waals surface area contributed by atoms with Gasteiger partial charge in [-0.25, -0.2) is 9.97 Å². The third-order valence-corrected chi connectivity index (χ3v) is 5.50. The lowest BCUT2D eigenvalue weighted by molar-refractivity contribution is 0.0642. The summed E-state index contributed by atoms with van der Waals surface area (Å²) in [5.41, 5.74) is 0.241. The molecule has 2 fully saturated rings. The van der Waals surface area contributed by atoms with Crippen LogP contribution in [0.4, 0.5) is 4.39 Å². The number of ether oxygens (including phenoxy) is 1. The Hall–Kier alpha value is -2.32. The number of carbonyl (C=O) groups excluding carboxylic acids is 1. The molecule has 7 nitrogen and oxygen atoms in total. The van der Waals surface area contributed by atoms with E-state index in [1.807, 2.05) is 24.0 Å². The molecule has 4 rings (SSSR count). The Morgan fingerprint density at radius 3 is 2.96 bits per heavy atom. The molecule has 2 aromatic heterocycles. The van der Waals surface area contributed by atoms with Crippen LogP contribution < -0.4 is 0 Å². The third-order valence-electron chi connectivity index (χ3n) is 5.50. The Bertz CT molecular complexity index is 826. The molecule has 0 N–H and O–H groups in total. The molecule has 2 saturated heterocycles. The molecule has 4 heterocycles. The van der Waals surface area contributed by atoms with Gasteiger partial charge in [-0.1, -0.05) is 0 Å². The highest BCUT2D eigenvalue weighted by Gasteiger charge is 2.42. The zero-order valence-electron chi connectivity index (χ0n) is 15.5. The fourth-order valence-corrected chi connectivity index (χ4v) is 4.04. The number of pyridine rings is 1. The van der Waals surface area contributed by atoms with Gasteiger partial charge in [0.1, 0.15) is 5.82 Å². The van der Waals surface area contributed by atoms with Crippen molar-refractivity contribution in [3.8, 4) is 0 Å². The van der Waals surface area contributed by atoms with Gasteiger partial charge in [-0.15, -0.1) is 0 Å². The standard InChI is InChI=1S/C19H24FN5O2/c1-23-7-5-22-17(23)11-24-6-3-19(12-24)13-25(8-9-27-14-19)18(26)15-2-4-21-16(20)10-15/h2,4-5,7,10H,3,6,8-9,11-14H2,1H3/t19-/m0/s1. The molecule has 1 atom stereocenters. The molecule has 1 spiro atoms. The predicted octanol–water partition coefficient (Wildman–Crippen LogP) is 1.32. The smallest absolute Gasteiger partial charge is 0.254 e. The number of aromatic nitrogens is 3. The van der Waals surface area contributed by atoms with Gasteiger partial charge < -0.3 is 14.2 Å². The monoisotopic (exact) mass is 373 g/mol.